The summed E-state index contributed by atoms with van der Waals surface area (Å²) in [6.07, 6.45) is -5.11. The van der Waals surface area contributed by atoms with Crippen LogP contribution in [0.15, 0.2) is 18.2 Å². The Bertz CT molecular complexity index is 350. The number of ketones is 1. The summed E-state index contributed by atoms with van der Waals surface area (Å²) < 4.78 is 35.8. The smallest absolute Gasteiger partial charge is 0.455 e. The average Bonchev–Trinajstić information content (AvgIpc) is 2.01. The van der Waals surface area contributed by atoms with Crippen LogP contribution in [0.3, 0.4) is 0 Å². The molecule has 14 heavy (non-hydrogen) atoms. The van der Waals surface area contributed by atoms with Gasteiger partial charge in [0.05, 0.1) is 0 Å². The minimum absolute atomic E-state index is 0.888. The first kappa shape index (κ1) is 10.4. The normalized spacial score (nSPS) is 11.4. The molecule has 0 aromatic heterocycles. The lowest BCUT2D eigenvalue weighted by Crippen LogP contribution is -2.22. The number of halogens is 3. The summed E-state index contributed by atoms with van der Waals surface area (Å²) in [5.41, 5.74) is -1.12. The molecule has 0 heterocycles. The molecule has 6 heteroatoms. The van der Waals surface area contributed by atoms with Crippen molar-refractivity contribution in [1.82, 2.24) is 0 Å². The van der Waals surface area contributed by atoms with Crippen molar-refractivity contribution >= 4 is 5.78 Å². The van der Waals surface area contributed by atoms with Crippen LogP contribution in [0.4, 0.5) is 13.2 Å². The Labute approximate surface area is 76.4 Å². The Morgan fingerprint density at radius 1 is 1.14 bits per heavy atom. The molecule has 3 nitrogen and oxygen atoms in total. The van der Waals surface area contributed by atoms with E-state index in [4.69, 9.17) is 10.2 Å². The maximum Gasteiger partial charge on any atom is 0.455 e. The van der Waals surface area contributed by atoms with Crippen LogP contribution in [0.5, 0.6) is 11.5 Å². The summed E-state index contributed by atoms with van der Waals surface area (Å²) in [7, 11) is 0. The molecule has 0 saturated carbocycles. The molecule has 0 atom stereocenters. The Morgan fingerprint density at radius 2 is 1.57 bits per heavy atom. The van der Waals surface area contributed by atoms with Crippen molar-refractivity contribution in [3.63, 3.8) is 0 Å². The van der Waals surface area contributed by atoms with E-state index in [1.807, 2.05) is 0 Å². The van der Waals surface area contributed by atoms with Gasteiger partial charge in [0.25, 0.3) is 5.78 Å². The Hall–Kier alpha value is -1.72. The predicted octanol–water partition coefficient (Wildman–Crippen LogP) is 1.84. The molecule has 0 saturated heterocycles. The van der Waals surface area contributed by atoms with Gasteiger partial charge in [-0.05, 0) is 12.1 Å². The van der Waals surface area contributed by atoms with Crippen molar-refractivity contribution in [3.05, 3.63) is 23.8 Å². The fourth-order valence-electron chi connectivity index (χ4n) is 0.903. The van der Waals surface area contributed by atoms with Gasteiger partial charge in [-0.25, -0.2) is 0 Å². The zero-order chi connectivity index (χ0) is 10.9. The van der Waals surface area contributed by atoms with Gasteiger partial charge in [0.1, 0.15) is 17.1 Å². The summed E-state index contributed by atoms with van der Waals surface area (Å²) in [4.78, 5) is 10.7. The van der Waals surface area contributed by atoms with Gasteiger partial charge in [-0.1, -0.05) is 6.07 Å². The number of hydrogen-bond acceptors (Lipinski definition) is 3. The minimum atomic E-state index is -5.11. The Balaban J connectivity index is 3.26. The van der Waals surface area contributed by atoms with E-state index in [0.29, 0.717) is 0 Å². The molecule has 0 fully saturated rings. The molecule has 0 aliphatic heterocycles. The first-order valence-corrected chi connectivity index (χ1v) is 3.46. The Morgan fingerprint density at radius 3 is 1.93 bits per heavy atom. The van der Waals surface area contributed by atoms with E-state index in [1.165, 1.54) is 0 Å². The highest BCUT2D eigenvalue weighted by atomic mass is 19.4. The fourth-order valence-corrected chi connectivity index (χ4v) is 0.903. The van der Waals surface area contributed by atoms with Gasteiger partial charge in [-0.3, -0.25) is 4.79 Å². The van der Waals surface area contributed by atoms with Gasteiger partial charge in [0, 0.05) is 0 Å². The topological polar surface area (TPSA) is 57.5 Å². The van der Waals surface area contributed by atoms with E-state index >= 15 is 0 Å². The number of benzene rings is 1. The molecular weight excluding hydrogens is 201 g/mol. The van der Waals surface area contributed by atoms with Gasteiger partial charge in [-0.2, -0.15) is 13.2 Å². The highest BCUT2D eigenvalue weighted by Crippen LogP contribution is 2.32. The molecule has 2 N–H and O–H groups in total. The van der Waals surface area contributed by atoms with Crippen molar-refractivity contribution in [2.24, 2.45) is 0 Å². The van der Waals surface area contributed by atoms with Crippen LogP contribution in [0, 0.1) is 0 Å². The molecule has 1 aromatic rings. The molecule has 1 rings (SSSR count). The fraction of sp³-hybridized carbons (Fsp3) is 0.125. The summed E-state index contributed by atoms with van der Waals surface area (Å²) in [6, 6.07) is 2.90. The SMILES string of the molecule is O=C(c1c(O)cccc1O)C(F)(F)F. The van der Waals surface area contributed by atoms with E-state index in [-0.39, 0.29) is 0 Å². The molecule has 0 aliphatic carbocycles. The van der Waals surface area contributed by atoms with Crippen molar-refractivity contribution in [1.29, 1.82) is 0 Å². The number of carbonyl (C=O) groups is 1. The van der Waals surface area contributed by atoms with Crippen LogP contribution in [0.25, 0.3) is 0 Å². The van der Waals surface area contributed by atoms with Crippen LogP contribution in [-0.4, -0.2) is 22.2 Å². The average molecular weight is 206 g/mol. The van der Waals surface area contributed by atoms with Crippen LogP contribution in [0.1, 0.15) is 10.4 Å². The first-order chi connectivity index (χ1) is 6.34. The highest BCUT2D eigenvalue weighted by Gasteiger charge is 2.42. The lowest BCUT2D eigenvalue weighted by molar-refractivity contribution is -0.0888. The number of Topliss-reactive ketones (excluding diaryl/α,β-unsaturated/α-hetero) is 1. The van der Waals surface area contributed by atoms with E-state index < -0.39 is 29.0 Å². The van der Waals surface area contributed by atoms with E-state index in [0.717, 1.165) is 18.2 Å². The maximum atomic E-state index is 11.9. The second-order valence-electron chi connectivity index (χ2n) is 2.50. The lowest BCUT2D eigenvalue weighted by Gasteiger charge is -2.08. The van der Waals surface area contributed by atoms with Crippen LogP contribution < -0.4 is 0 Å². The largest absolute Gasteiger partial charge is 0.507 e. The molecule has 0 bridgehead atoms. The quantitative estimate of drug-likeness (QED) is 0.689. The number of rotatable bonds is 1. The van der Waals surface area contributed by atoms with E-state index in [1.54, 1.807) is 0 Å². The van der Waals surface area contributed by atoms with E-state index in [2.05, 4.69) is 0 Å². The maximum absolute atomic E-state index is 11.9. The zero-order valence-corrected chi connectivity index (χ0v) is 6.67. The van der Waals surface area contributed by atoms with Crippen LogP contribution in [-0.2, 0) is 0 Å². The molecule has 0 radical (unpaired) electrons. The number of alkyl halides is 3. The van der Waals surface area contributed by atoms with Crippen molar-refractivity contribution in [2.45, 2.75) is 6.18 Å². The second kappa shape index (κ2) is 3.21. The highest BCUT2D eigenvalue weighted by molar-refractivity contribution is 6.04. The van der Waals surface area contributed by atoms with Crippen LogP contribution >= 0.6 is 0 Å². The summed E-state index contributed by atoms with van der Waals surface area (Å²) in [6.45, 7) is 0. The van der Waals surface area contributed by atoms with Gasteiger partial charge in [-0.15, -0.1) is 0 Å². The number of phenolic OH excluding ortho intramolecular Hbond substituents is 2. The third-order valence-corrected chi connectivity index (χ3v) is 1.50. The predicted molar refractivity (Wildman–Crippen MR) is 40.2 cm³/mol. The minimum Gasteiger partial charge on any atom is -0.507 e. The molecule has 1 aromatic carbocycles. The van der Waals surface area contributed by atoms with E-state index in [9.17, 15) is 18.0 Å². The van der Waals surface area contributed by atoms with Gasteiger partial charge >= 0.3 is 6.18 Å². The summed E-state index contributed by atoms with van der Waals surface area (Å²) >= 11 is 0. The third-order valence-electron chi connectivity index (χ3n) is 1.50. The molecule has 76 valence electrons. The monoisotopic (exact) mass is 206 g/mol. The zero-order valence-electron chi connectivity index (χ0n) is 6.67. The Kier molecular flexibility index (Phi) is 2.37. The van der Waals surface area contributed by atoms with Gasteiger partial charge in [0.2, 0.25) is 0 Å². The number of aromatic hydroxyl groups is 2. The molecule has 0 amide bonds. The van der Waals surface area contributed by atoms with Crippen LogP contribution in [0.2, 0.25) is 0 Å². The molecule has 0 aliphatic rings. The number of carbonyl (C=O) groups excluding carboxylic acids is 1. The molecular formula is C8H5F3O3. The molecule has 0 unspecified atom stereocenters. The van der Waals surface area contributed by atoms with Crippen molar-refractivity contribution in [2.75, 3.05) is 0 Å². The first-order valence-electron chi connectivity index (χ1n) is 3.46. The molecule has 0 spiro atoms. The summed E-state index contributed by atoms with van der Waals surface area (Å²) in [5, 5.41) is 17.9. The number of hydrogen-bond donors (Lipinski definition) is 2. The number of phenols is 2. The lowest BCUT2D eigenvalue weighted by atomic mass is 10.1. The van der Waals surface area contributed by atoms with Gasteiger partial charge in [0.15, 0.2) is 0 Å². The third kappa shape index (κ3) is 1.78. The second-order valence-corrected chi connectivity index (χ2v) is 2.50. The standard InChI is InChI=1S/C8H5F3O3/c9-8(10,11)7(14)6-4(12)2-1-3-5(6)13/h1-3,12-13H. The summed E-state index contributed by atoms with van der Waals surface area (Å²) in [5.74, 6) is -4.06. The van der Waals surface area contributed by atoms with Crippen molar-refractivity contribution < 1.29 is 28.2 Å². The van der Waals surface area contributed by atoms with Gasteiger partial charge < -0.3 is 10.2 Å². The van der Waals surface area contributed by atoms with Crippen molar-refractivity contribution in [3.8, 4) is 11.5 Å².